The summed E-state index contributed by atoms with van der Waals surface area (Å²) in [6.45, 7) is 3.59. The van der Waals surface area contributed by atoms with Gasteiger partial charge in [0.1, 0.15) is 0 Å². The first-order valence-corrected chi connectivity index (χ1v) is 4.58. The molecule has 0 saturated heterocycles. The topological polar surface area (TPSA) is 25.2 Å². The van der Waals surface area contributed by atoms with Crippen LogP contribution in [0, 0.1) is 0 Å². The van der Waals surface area contributed by atoms with Crippen molar-refractivity contribution in [2.75, 3.05) is 0 Å². The summed E-state index contributed by atoms with van der Waals surface area (Å²) in [5.74, 6) is 0. The van der Waals surface area contributed by atoms with E-state index >= 15 is 0 Å². The molecule has 0 aliphatic carbocycles. The van der Waals surface area contributed by atoms with E-state index in [1.54, 1.807) is 6.08 Å². The third-order valence-electron chi connectivity index (χ3n) is 2.47. The third-order valence-corrected chi connectivity index (χ3v) is 2.47. The number of hydrogen-bond acceptors (Lipinski definition) is 1. The van der Waals surface area contributed by atoms with Gasteiger partial charge in [-0.1, -0.05) is 24.3 Å². The molecule has 0 spiro atoms. The fraction of sp³-hybridized carbons (Fsp3) is 0.167. The summed E-state index contributed by atoms with van der Waals surface area (Å²) in [4.78, 5) is 0. The van der Waals surface area contributed by atoms with E-state index in [9.17, 15) is 5.11 Å². The standard InChI is InChI=1S/C12H13NO/c1-3-12(14)10-8-13(2)11-7-5-4-6-9(10)11/h3-8,12,14H,1H2,2H3. The van der Waals surface area contributed by atoms with Gasteiger partial charge in [0, 0.05) is 29.7 Å². The van der Waals surface area contributed by atoms with Gasteiger partial charge in [0.15, 0.2) is 0 Å². The lowest BCUT2D eigenvalue weighted by atomic mass is 10.1. The Labute approximate surface area is 83.1 Å². The number of rotatable bonds is 2. The maximum atomic E-state index is 9.71. The van der Waals surface area contributed by atoms with Crippen molar-refractivity contribution < 1.29 is 5.11 Å². The molecule has 2 heteroatoms. The molecular weight excluding hydrogens is 174 g/mol. The summed E-state index contributed by atoms with van der Waals surface area (Å²) in [5, 5.41) is 10.8. The van der Waals surface area contributed by atoms with Crippen LogP contribution in [0.25, 0.3) is 10.9 Å². The lowest BCUT2D eigenvalue weighted by Gasteiger charge is -2.01. The second-order valence-electron chi connectivity index (χ2n) is 3.39. The average Bonchev–Trinajstić information content (AvgIpc) is 2.56. The van der Waals surface area contributed by atoms with Crippen molar-refractivity contribution in [3.8, 4) is 0 Å². The highest BCUT2D eigenvalue weighted by Gasteiger charge is 2.10. The number of para-hydroxylation sites is 1. The van der Waals surface area contributed by atoms with Gasteiger partial charge in [-0.3, -0.25) is 0 Å². The van der Waals surface area contributed by atoms with Crippen molar-refractivity contribution >= 4 is 10.9 Å². The Morgan fingerprint density at radius 3 is 2.86 bits per heavy atom. The molecule has 0 aliphatic heterocycles. The van der Waals surface area contributed by atoms with E-state index < -0.39 is 6.10 Å². The molecular formula is C12H13NO. The largest absolute Gasteiger partial charge is 0.384 e. The molecule has 0 radical (unpaired) electrons. The van der Waals surface area contributed by atoms with Crippen LogP contribution in [-0.4, -0.2) is 9.67 Å². The number of aliphatic hydroxyl groups is 1. The van der Waals surface area contributed by atoms with Crippen molar-refractivity contribution in [1.82, 2.24) is 4.57 Å². The lowest BCUT2D eigenvalue weighted by Crippen LogP contribution is -1.90. The monoisotopic (exact) mass is 187 g/mol. The van der Waals surface area contributed by atoms with Gasteiger partial charge in [-0.2, -0.15) is 0 Å². The van der Waals surface area contributed by atoms with E-state index in [0.717, 1.165) is 16.5 Å². The summed E-state index contributed by atoms with van der Waals surface area (Å²) in [6, 6.07) is 8.01. The average molecular weight is 187 g/mol. The van der Waals surface area contributed by atoms with Crippen LogP contribution < -0.4 is 0 Å². The number of aromatic nitrogens is 1. The van der Waals surface area contributed by atoms with E-state index in [0.29, 0.717) is 0 Å². The minimum Gasteiger partial charge on any atom is -0.384 e. The first-order chi connectivity index (χ1) is 6.74. The van der Waals surface area contributed by atoms with Crippen LogP contribution in [0.5, 0.6) is 0 Å². The Kier molecular flexibility index (Phi) is 2.14. The number of hydrogen-bond donors (Lipinski definition) is 1. The summed E-state index contributed by atoms with van der Waals surface area (Å²) < 4.78 is 2.01. The number of aliphatic hydroxyl groups excluding tert-OH is 1. The maximum absolute atomic E-state index is 9.71. The molecule has 2 nitrogen and oxygen atoms in total. The molecule has 2 rings (SSSR count). The van der Waals surface area contributed by atoms with Crippen LogP contribution >= 0.6 is 0 Å². The molecule has 2 aromatic rings. The van der Waals surface area contributed by atoms with Gasteiger partial charge in [-0.25, -0.2) is 0 Å². The van der Waals surface area contributed by atoms with E-state index in [2.05, 4.69) is 6.58 Å². The Balaban J connectivity index is 2.72. The molecule has 1 atom stereocenters. The summed E-state index contributed by atoms with van der Waals surface area (Å²) in [6.07, 6.45) is 2.90. The second kappa shape index (κ2) is 3.31. The predicted octanol–water partition coefficient (Wildman–Crippen LogP) is 2.40. The highest BCUT2D eigenvalue weighted by molar-refractivity contribution is 5.84. The first kappa shape index (κ1) is 9.03. The molecule has 1 N–H and O–H groups in total. The van der Waals surface area contributed by atoms with E-state index in [4.69, 9.17) is 0 Å². The van der Waals surface area contributed by atoms with Crippen molar-refractivity contribution in [2.24, 2.45) is 7.05 Å². The van der Waals surface area contributed by atoms with Crippen molar-refractivity contribution in [2.45, 2.75) is 6.10 Å². The molecule has 0 saturated carbocycles. The van der Waals surface area contributed by atoms with E-state index in [1.807, 2.05) is 42.1 Å². The molecule has 1 aromatic carbocycles. The van der Waals surface area contributed by atoms with Crippen molar-refractivity contribution in [1.29, 1.82) is 0 Å². The van der Waals surface area contributed by atoms with E-state index in [-0.39, 0.29) is 0 Å². The molecule has 1 aromatic heterocycles. The summed E-state index contributed by atoms with van der Waals surface area (Å²) in [5.41, 5.74) is 2.04. The van der Waals surface area contributed by atoms with E-state index in [1.165, 1.54) is 0 Å². The quantitative estimate of drug-likeness (QED) is 0.717. The van der Waals surface area contributed by atoms with Crippen molar-refractivity contribution in [3.63, 3.8) is 0 Å². The van der Waals surface area contributed by atoms with Crippen molar-refractivity contribution in [3.05, 3.63) is 48.7 Å². The minimum atomic E-state index is -0.582. The molecule has 0 amide bonds. The molecule has 1 unspecified atom stereocenters. The van der Waals surface area contributed by atoms with Gasteiger partial charge < -0.3 is 9.67 Å². The number of nitrogens with zero attached hydrogens (tertiary/aromatic N) is 1. The van der Waals surface area contributed by atoms with Crippen LogP contribution in [0.3, 0.4) is 0 Å². The minimum absolute atomic E-state index is 0.582. The maximum Gasteiger partial charge on any atom is 0.0989 e. The lowest BCUT2D eigenvalue weighted by molar-refractivity contribution is 0.230. The molecule has 0 fully saturated rings. The Morgan fingerprint density at radius 2 is 2.14 bits per heavy atom. The zero-order valence-electron chi connectivity index (χ0n) is 8.14. The van der Waals surface area contributed by atoms with Gasteiger partial charge in [0.2, 0.25) is 0 Å². The van der Waals surface area contributed by atoms with Gasteiger partial charge in [0.05, 0.1) is 6.10 Å². The first-order valence-electron chi connectivity index (χ1n) is 4.58. The Bertz CT molecular complexity index is 470. The fourth-order valence-electron chi connectivity index (χ4n) is 1.74. The molecule has 0 bridgehead atoms. The Hall–Kier alpha value is -1.54. The number of aryl methyl sites for hydroxylation is 1. The predicted molar refractivity (Wildman–Crippen MR) is 58.1 cm³/mol. The van der Waals surface area contributed by atoms with Crippen LogP contribution in [0.2, 0.25) is 0 Å². The summed E-state index contributed by atoms with van der Waals surface area (Å²) >= 11 is 0. The highest BCUT2D eigenvalue weighted by atomic mass is 16.3. The second-order valence-corrected chi connectivity index (χ2v) is 3.39. The summed E-state index contributed by atoms with van der Waals surface area (Å²) in [7, 11) is 1.97. The molecule has 72 valence electrons. The number of fused-ring (bicyclic) bond motifs is 1. The molecule has 1 heterocycles. The van der Waals surface area contributed by atoms with Gasteiger partial charge in [0.25, 0.3) is 0 Å². The normalized spacial score (nSPS) is 13.0. The van der Waals surface area contributed by atoms with Gasteiger partial charge in [-0.05, 0) is 6.07 Å². The SMILES string of the molecule is C=CC(O)c1cn(C)c2ccccc12. The zero-order valence-corrected chi connectivity index (χ0v) is 8.14. The van der Waals surface area contributed by atoms with Crippen LogP contribution in [0.1, 0.15) is 11.7 Å². The third kappa shape index (κ3) is 1.24. The number of benzene rings is 1. The van der Waals surface area contributed by atoms with Gasteiger partial charge in [-0.15, -0.1) is 6.58 Å². The van der Waals surface area contributed by atoms with Crippen LogP contribution in [0.15, 0.2) is 43.1 Å². The Morgan fingerprint density at radius 1 is 1.43 bits per heavy atom. The van der Waals surface area contributed by atoms with Gasteiger partial charge >= 0.3 is 0 Å². The highest BCUT2D eigenvalue weighted by Crippen LogP contribution is 2.25. The zero-order chi connectivity index (χ0) is 10.1. The van der Waals surface area contributed by atoms with Crippen LogP contribution in [0.4, 0.5) is 0 Å². The molecule has 0 aliphatic rings. The van der Waals surface area contributed by atoms with Crippen LogP contribution in [-0.2, 0) is 7.05 Å². The smallest absolute Gasteiger partial charge is 0.0989 e. The molecule has 14 heavy (non-hydrogen) atoms. The fourth-order valence-corrected chi connectivity index (χ4v) is 1.74.